The molecule has 1 aromatic rings. The van der Waals surface area contributed by atoms with Crippen LogP contribution in [0.25, 0.3) is 0 Å². The van der Waals surface area contributed by atoms with E-state index in [1.54, 1.807) is 12.1 Å². The maximum Gasteiger partial charge on any atom is 0.261 e. The summed E-state index contributed by atoms with van der Waals surface area (Å²) in [6.07, 6.45) is 0. The van der Waals surface area contributed by atoms with Crippen LogP contribution < -0.4 is 4.74 Å². The first-order valence-electron chi connectivity index (χ1n) is 5.16. The van der Waals surface area contributed by atoms with Crippen LogP contribution in [0.15, 0.2) is 29.2 Å². The molecule has 96 valence electrons. The predicted molar refractivity (Wildman–Crippen MR) is 67.9 cm³/mol. The minimum absolute atomic E-state index is 0.0816. The Bertz CT molecular complexity index is 462. The van der Waals surface area contributed by atoms with Crippen LogP contribution in [-0.2, 0) is 9.05 Å². The number of likely N-dealkylation sites (N-methyl/N-ethyl adjacent to an activating group) is 1. The fourth-order valence-electron chi connectivity index (χ4n) is 1.14. The van der Waals surface area contributed by atoms with Crippen LogP contribution in [0.1, 0.15) is 0 Å². The van der Waals surface area contributed by atoms with E-state index in [4.69, 9.17) is 15.4 Å². The lowest BCUT2D eigenvalue weighted by atomic mass is 10.3. The summed E-state index contributed by atoms with van der Waals surface area (Å²) in [6.45, 7) is 1.45. The highest BCUT2D eigenvalue weighted by atomic mass is 35.7. The van der Waals surface area contributed by atoms with Crippen molar-refractivity contribution in [3.05, 3.63) is 24.3 Å². The minimum atomic E-state index is -3.65. The lowest BCUT2D eigenvalue weighted by Crippen LogP contribution is -2.38. The molecule has 0 atom stereocenters. The first-order chi connectivity index (χ1) is 7.68. The Morgan fingerprint density at radius 1 is 1.18 bits per heavy atom. The van der Waals surface area contributed by atoms with Crippen LogP contribution in [0.2, 0.25) is 0 Å². The summed E-state index contributed by atoms with van der Waals surface area (Å²) in [4.78, 5) is 0.0816. The Kier molecular flexibility index (Phi) is 4.41. The third-order valence-electron chi connectivity index (χ3n) is 2.14. The molecule has 0 heterocycles. The molecule has 0 aliphatic rings. The molecule has 0 N–H and O–H groups in total. The molecule has 0 radical (unpaired) electrons. The number of hydrogen-bond donors (Lipinski definition) is 0. The second-order valence-corrected chi connectivity index (χ2v) is 7.34. The van der Waals surface area contributed by atoms with Crippen LogP contribution in [-0.4, -0.2) is 47.2 Å². The van der Waals surface area contributed by atoms with E-state index in [0.717, 1.165) is 11.0 Å². The molecule has 4 nitrogen and oxygen atoms in total. The smallest absolute Gasteiger partial charge is 0.261 e. The fourth-order valence-corrected chi connectivity index (χ4v) is 1.91. The van der Waals surface area contributed by atoms with Gasteiger partial charge < -0.3 is 9.22 Å². The summed E-state index contributed by atoms with van der Waals surface area (Å²) >= 11 is 0. The highest BCUT2D eigenvalue weighted by molar-refractivity contribution is 8.13. The van der Waals surface area contributed by atoms with Crippen molar-refractivity contribution in [1.29, 1.82) is 0 Å². The van der Waals surface area contributed by atoms with E-state index in [1.165, 1.54) is 12.1 Å². The van der Waals surface area contributed by atoms with Gasteiger partial charge in [0.05, 0.1) is 26.0 Å². The van der Waals surface area contributed by atoms with Crippen LogP contribution >= 0.6 is 10.7 Å². The Hall–Kier alpha value is -0.780. The highest BCUT2D eigenvalue weighted by Gasteiger charge is 2.10. The molecule has 0 aliphatic heterocycles. The second-order valence-electron chi connectivity index (χ2n) is 4.77. The van der Waals surface area contributed by atoms with Crippen LogP contribution in [0, 0.1) is 0 Å². The lowest BCUT2D eigenvalue weighted by molar-refractivity contribution is -0.870. The van der Waals surface area contributed by atoms with Crippen molar-refractivity contribution in [1.82, 2.24) is 0 Å². The van der Waals surface area contributed by atoms with Crippen molar-refractivity contribution in [3.8, 4) is 5.75 Å². The van der Waals surface area contributed by atoms with Gasteiger partial charge in [0.2, 0.25) is 0 Å². The molecule has 0 spiro atoms. The van der Waals surface area contributed by atoms with Crippen molar-refractivity contribution in [3.63, 3.8) is 0 Å². The number of halogens is 1. The largest absolute Gasteiger partial charge is 0.488 e. The monoisotopic (exact) mass is 278 g/mol. The molecule has 0 amide bonds. The number of benzene rings is 1. The topological polar surface area (TPSA) is 43.4 Å². The molecule has 0 bridgehead atoms. The first-order valence-corrected chi connectivity index (χ1v) is 7.47. The maximum absolute atomic E-state index is 11.0. The van der Waals surface area contributed by atoms with E-state index in [0.29, 0.717) is 12.4 Å². The van der Waals surface area contributed by atoms with E-state index >= 15 is 0 Å². The van der Waals surface area contributed by atoms with Gasteiger partial charge in [-0.25, -0.2) is 8.42 Å². The Morgan fingerprint density at radius 2 is 1.71 bits per heavy atom. The Balaban J connectivity index is 2.58. The van der Waals surface area contributed by atoms with Crippen LogP contribution in [0.5, 0.6) is 5.75 Å². The average Bonchev–Trinajstić information content (AvgIpc) is 2.15. The van der Waals surface area contributed by atoms with Gasteiger partial charge in [-0.2, -0.15) is 0 Å². The normalized spacial score (nSPS) is 12.5. The quantitative estimate of drug-likeness (QED) is 0.608. The number of nitrogens with zero attached hydrogens (tertiary/aromatic N) is 1. The zero-order valence-corrected chi connectivity index (χ0v) is 11.8. The number of hydrogen-bond acceptors (Lipinski definition) is 3. The van der Waals surface area contributed by atoms with Gasteiger partial charge in [0.25, 0.3) is 9.05 Å². The third-order valence-corrected chi connectivity index (χ3v) is 3.51. The molecule has 1 rings (SSSR count). The van der Waals surface area contributed by atoms with Crippen molar-refractivity contribution < 1.29 is 17.6 Å². The minimum Gasteiger partial charge on any atom is -0.488 e. The molecule has 6 heteroatoms. The molecule has 0 aromatic heterocycles. The third kappa shape index (κ3) is 5.39. The van der Waals surface area contributed by atoms with Crippen molar-refractivity contribution >= 4 is 19.7 Å². The van der Waals surface area contributed by atoms with E-state index < -0.39 is 9.05 Å². The summed E-state index contributed by atoms with van der Waals surface area (Å²) in [6, 6.07) is 6.07. The van der Waals surface area contributed by atoms with Gasteiger partial charge in [-0.1, -0.05) is 0 Å². The van der Waals surface area contributed by atoms with E-state index in [-0.39, 0.29) is 4.90 Å². The number of quaternary nitrogens is 1. The Labute approximate surface area is 107 Å². The maximum atomic E-state index is 11.0. The Morgan fingerprint density at radius 3 is 2.12 bits per heavy atom. The van der Waals surface area contributed by atoms with Gasteiger partial charge in [-0.15, -0.1) is 0 Å². The fraction of sp³-hybridized carbons (Fsp3) is 0.455. The van der Waals surface area contributed by atoms with Gasteiger partial charge >= 0.3 is 0 Å². The van der Waals surface area contributed by atoms with Crippen molar-refractivity contribution in [2.75, 3.05) is 34.3 Å². The standard InChI is InChI=1S/C11H17ClNO3S/c1-13(2,3)8-9-16-10-4-6-11(7-5-10)17(12,14)15/h4-7H,8-9H2,1-3H3/q+1. The molecule has 0 saturated carbocycles. The van der Waals surface area contributed by atoms with E-state index in [2.05, 4.69) is 21.1 Å². The average molecular weight is 279 g/mol. The van der Waals surface area contributed by atoms with Crippen LogP contribution in [0.4, 0.5) is 0 Å². The molecule has 0 saturated heterocycles. The molecule has 0 aliphatic carbocycles. The molecule has 17 heavy (non-hydrogen) atoms. The number of ether oxygens (including phenoxy) is 1. The molecular weight excluding hydrogens is 262 g/mol. The zero-order valence-electron chi connectivity index (χ0n) is 10.2. The van der Waals surface area contributed by atoms with Crippen molar-refractivity contribution in [2.24, 2.45) is 0 Å². The summed E-state index contributed by atoms with van der Waals surface area (Å²) in [7, 11) is 7.78. The zero-order chi connectivity index (χ0) is 13.1. The first kappa shape index (κ1) is 14.3. The van der Waals surface area contributed by atoms with Crippen LogP contribution in [0.3, 0.4) is 0 Å². The predicted octanol–water partition coefficient (Wildman–Crippen LogP) is 1.70. The highest BCUT2D eigenvalue weighted by Crippen LogP contribution is 2.18. The molecule has 1 aromatic carbocycles. The second kappa shape index (κ2) is 5.25. The van der Waals surface area contributed by atoms with Gasteiger partial charge in [0, 0.05) is 10.7 Å². The van der Waals surface area contributed by atoms with Gasteiger partial charge in [-0.3, -0.25) is 0 Å². The summed E-state index contributed by atoms with van der Waals surface area (Å²) in [5, 5.41) is 0. The van der Waals surface area contributed by atoms with E-state index in [9.17, 15) is 8.42 Å². The summed E-state index contributed by atoms with van der Waals surface area (Å²) in [5.41, 5.74) is 0. The molecular formula is C11H17ClNO3S+. The molecule has 0 unspecified atom stereocenters. The van der Waals surface area contributed by atoms with Gasteiger partial charge in [-0.05, 0) is 24.3 Å². The van der Waals surface area contributed by atoms with Gasteiger partial charge in [0.1, 0.15) is 18.9 Å². The SMILES string of the molecule is C[N+](C)(C)CCOc1ccc(S(=O)(=O)Cl)cc1. The lowest BCUT2D eigenvalue weighted by Gasteiger charge is -2.23. The summed E-state index contributed by atoms with van der Waals surface area (Å²) in [5.74, 6) is 0.641. The van der Waals surface area contributed by atoms with Crippen molar-refractivity contribution in [2.45, 2.75) is 4.90 Å². The number of rotatable bonds is 5. The molecule has 0 fully saturated rings. The van der Waals surface area contributed by atoms with E-state index in [1.807, 2.05) is 0 Å². The van der Waals surface area contributed by atoms with Gasteiger partial charge in [0.15, 0.2) is 0 Å². The summed E-state index contributed by atoms with van der Waals surface area (Å²) < 4.78 is 28.3.